The summed E-state index contributed by atoms with van der Waals surface area (Å²) in [5.74, 6) is 1.25. The highest BCUT2D eigenvalue weighted by Crippen LogP contribution is 2.54. The van der Waals surface area contributed by atoms with Crippen LogP contribution in [-0.4, -0.2) is 42.1 Å². The Balaban J connectivity index is 1.30. The quantitative estimate of drug-likeness (QED) is 0.558. The lowest BCUT2D eigenvalue weighted by Crippen LogP contribution is -2.41. The lowest BCUT2D eigenvalue weighted by Gasteiger charge is -2.29. The molecule has 4 nitrogen and oxygen atoms in total. The molecule has 0 aliphatic carbocycles. The van der Waals surface area contributed by atoms with E-state index in [1.54, 1.807) is 0 Å². The normalized spacial score (nSPS) is 33.2. The molecule has 1 amide bonds. The van der Waals surface area contributed by atoms with E-state index < -0.39 is 0 Å². The van der Waals surface area contributed by atoms with Crippen molar-refractivity contribution in [3.05, 3.63) is 34.5 Å². The van der Waals surface area contributed by atoms with E-state index in [1.807, 2.05) is 24.3 Å². The highest BCUT2D eigenvalue weighted by molar-refractivity contribution is 7.09. The fourth-order valence-electron chi connectivity index (χ4n) is 5.17. The summed E-state index contributed by atoms with van der Waals surface area (Å²) in [6.45, 7) is 6.00. The van der Waals surface area contributed by atoms with Crippen LogP contribution in [0.2, 0.25) is 0 Å². The SMILES string of the molecule is CC=CCCCC(=O)NC[C@H]1[C@H]2CN(Cc3cccs3)C[C@]23CC[C@H]1O3. The van der Waals surface area contributed by atoms with Gasteiger partial charge in [0, 0.05) is 49.3 Å². The molecule has 4 heterocycles. The van der Waals surface area contributed by atoms with E-state index in [0.717, 1.165) is 45.4 Å². The first-order chi connectivity index (χ1) is 12.7. The summed E-state index contributed by atoms with van der Waals surface area (Å²) >= 11 is 1.84. The number of hydrogen-bond acceptors (Lipinski definition) is 4. The second-order valence-corrected chi connectivity index (χ2v) is 9.08. The van der Waals surface area contributed by atoms with Crippen LogP contribution in [0, 0.1) is 11.8 Å². The van der Waals surface area contributed by atoms with E-state index in [9.17, 15) is 4.79 Å². The Labute approximate surface area is 160 Å². The molecule has 3 saturated heterocycles. The zero-order valence-electron chi connectivity index (χ0n) is 15.7. The fraction of sp³-hybridized carbons (Fsp3) is 0.667. The van der Waals surface area contributed by atoms with E-state index >= 15 is 0 Å². The van der Waals surface area contributed by atoms with Gasteiger partial charge in [-0.05, 0) is 44.1 Å². The maximum Gasteiger partial charge on any atom is 0.220 e. The molecule has 142 valence electrons. The summed E-state index contributed by atoms with van der Waals surface area (Å²) in [6, 6.07) is 4.35. The van der Waals surface area contributed by atoms with Crippen molar-refractivity contribution in [1.82, 2.24) is 10.2 Å². The summed E-state index contributed by atoms with van der Waals surface area (Å²) in [7, 11) is 0. The number of unbranched alkanes of at least 4 members (excludes halogenated alkanes) is 1. The van der Waals surface area contributed by atoms with Gasteiger partial charge in [-0.15, -0.1) is 11.3 Å². The van der Waals surface area contributed by atoms with Gasteiger partial charge in [-0.25, -0.2) is 0 Å². The molecule has 1 aromatic rings. The lowest BCUT2D eigenvalue weighted by molar-refractivity contribution is -0.121. The molecular weight excluding hydrogens is 344 g/mol. The molecule has 0 radical (unpaired) electrons. The van der Waals surface area contributed by atoms with Gasteiger partial charge in [0.15, 0.2) is 0 Å². The van der Waals surface area contributed by atoms with Crippen LogP contribution in [0.4, 0.5) is 0 Å². The summed E-state index contributed by atoms with van der Waals surface area (Å²) in [5.41, 5.74) is 0.0588. The largest absolute Gasteiger partial charge is 0.370 e. The predicted molar refractivity (Wildman–Crippen MR) is 105 cm³/mol. The van der Waals surface area contributed by atoms with Gasteiger partial charge in [-0.3, -0.25) is 9.69 Å². The van der Waals surface area contributed by atoms with Crippen LogP contribution in [0.3, 0.4) is 0 Å². The number of carbonyl (C=O) groups is 1. The number of ether oxygens (including phenoxy) is 1. The van der Waals surface area contributed by atoms with Gasteiger partial charge < -0.3 is 10.1 Å². The third-order valence-corrected chi connectivity index (χ3v) is 7.22. The molecular formula is C21H30N2O2S. The summed E-state index contributed by atoms with van der Waals surface area (Å²) < 4.78 is 6.49. The zero-order chi connectivity index (χ0) is 18.0. The molecule has 0 unspecified atom stereocenters. The third-order valence-electron chi connectivity index (χ3n) is 6.36. The summed E-state index contributed by atoms with van der Waals surface area (Å²) in [4.78, 5) is 16.1. The van der Waals surface area contributed by atoms with Crippen molar-refractivity contribution in [2.75, 3.05) is 19.6 Å². The van der Waals surface area contributed by atoms with Gasteiger partial charge in [0.2, 0.25) is 5.91 Å². The minimum absolute atomic E-state index is 0.0588. The van der Waals surface area contributed by atoms with Gasteiger partial charge in [0.1, 0.15) is 0 Å². The van der Waals surface area contributed by atoms with Crippen LogP contribution in [0.15, 0.2) is 29.7 Å². The second-order valence-electron chi connectivity index (χ2n) is 8.04. The molecule has 4 atom stereocenters. The predicted octanol–water partition coefficient (Wildman–Crippen LogP) is 3.59. The highest BCUT2D eigenvalue weighted by Gasteiger charge is 2.62. The number of allylic oxidation sites excluding steroid dienone is 2. The average molecular weight is 375 g/mol. The average Bonchev–Trinajstić information content (AvgIpc) is 3.38. The van der Waals surface area contributed by atoms with E-state index in [0.29, 0.717) is 24.4 Å². The third kappa shape index (κ3) is 3.62. The van der Waals surface area contributed by atoms with Crippen LogP contribution in [0.25, 0.3) is 0 Å². The summed E-state index contributed by atoms with van der Waals surface area (Å²) in [5, 5.41) is 5.35. The number of amides is 1. The smallest absolute Gasteiger partial charge is 0.220 e. The topological polar surface area (TPSA) is 41.6 Å². The Bertz CT molecular complexity index is 644. The van der Waals surface area contributed by atoms with Crippen molar-refractivity contribution < 1.29 is 9.53 Å². The van der Waals surface area contributed by atoms with E-state index in [-0.39, 0.29) is 11.5 Å². The number of nitrogens with zero attached hydrogens (tertiary/aromatic N) is 1. The van der Waals surface area contributed by atoms with Crippen LogP contribution < -0.4 is 5.32 Å². The molecule has 26 heavy (non-hydrogen) atoms. The molecule has 2 bridgehead atoms. The molecule has 4 rings (SSSR count). The number of rotatable bonds is 8. The number of fused-ring (bicyclic) bond motifs is 1. The van der Waals surface area contributed by atoms with Crippen molar-refractivity contribution in [3.8, 4) is 0 Å². The number of nitrogens with one attached hydrogen (secondary N) is 1. The van der Waals surface area contributed by atoms with Crippen LogP contribution in [0.5, 0.6) is 0 Å². The molecule has 1 spiro atoms. The number of carbonyl (C=O) groups excluding carboxylic acids is 1. The lowest BCUT2D eigenvalue weighted by atomic mass is 9.73. The van der Waals surface area contributed by atoms with Gasteiger partial charge in [-0.1, -0.05) is 18.2 Å². The first kappa shape index (κ1) is 18.2. The molecule has 0 aromatic carbocycles. The van der Waals surface area contributed by atoms with Crippen molar-refractivity contribution >= 4 is 17.2 Å². The van der Waals surface area contributed by atoms with Gasteiger partial charge in [0.05, 0.1) is 11.7 Å². The van der Waals surface area contributed by atoms with Crippen LogP contribution >= 0.6 is 11.3 Å². The molecule has 5 heteroatoms. The van der Waals surface area contributed by atoms with Gasteiger partial charge in [-0.2, -0.15) is 0 Å². The van der Waals surface area contributed by atoms with E-state index in [2.05, 4.69) is 33.8 Å². The molecule has 3 aliphatic heterocycles. The second kappa shape index (κ2) is 7.83. The molecule has 3 aliphatic rings. The Hall–Kier alpha value is -1.17. The van der Waals surface area contributed by atoms with Crippen molar-refractivity contribution in [2.45, 2.75) is 57.3 Å². The van der Waals surface area contributed by atoms with Crippen molar-refractivity contribution in [1.29, 1.82) is 0 Å². The summed E-state index contributed by atoms with van der Waals surface area (Å²) in [6.07, 6.45) is 9.43. The minimum atomic E-state index is 0.0588. The Morgan fingerprint density at radius 3 is 3.27 bits per heavy atom. The van der Waals surface area contributed by atoms with Crippen LogP contribution in [0.1, 0.15) is 43.9 Å². The Morgan fingerprint density at radius 1 is 1.54 bits per heavy atom. The number of thiophene rings is 1. The monoisotopic (exact) mass is 374 g/mol. The molecule has 0 saturated carbocycles. The van der Waals surface area contributed by atoms with Crippen molar-refractivity contribution in [3.63, 3.8) is 0 Å². The minimum Gasteiger partial charge on any atom is -0.370 e. The standard InChI is InChI=1S/C21H30N2O2S/c1-2-3-4-5-8-20(24)22-12-17-18-14-23(13-16-7-6-11-26-16)15-21(18)10-9-19(17)25-21/h2-3,6-7,11,17-19H,4-5,8-10,12-15H2,1H3,(H,22,24)/t17-,18+,19+,21+/m0/s1. The number of hydrogen-bond donors (Lipinski definition) is 1. The van der Waals surface area contributed by atoms with Gasteiger partial charge in [0.25, 0.3) is 0 Å². The first-order valence-corrected chi connectivity index (χ1v) is 10.9. The maximum absolute atomic E-state index is 12.2. The molecule has 1 N–H and O–H groups in total. The first-order valence-electron chi connectivity index (χ1n) is 10.0. The highest BCUT2D eigenvalue weighted by atomic mass is 32.1. The molecule has 1 aromatic heterocycles. The zero-order valence-corrected chi connectivity index (χ0v) is 16.5. The van der Waals surface area contributed by atoms with Gasteiger partial charge >= 0.3 is 0 Å². The van der Waals surface area contributed by atoms with E-state index in [4.69, 9.17) is 4.74 Å². The van der Waals surface area contributed by atoms with Crippen molar-refractivity contribution in [2.24, 2.45) is 11.8 Å². The van der Waals surface area contributed by atoms with E-state index in [1.165, 1.54) is 11.3 Å². The molecule has 3 fully saturated rings. The maximum atomic E-state index is 12.2. The Kier molecular flexibility index (Phi) is 5.48. The Morgan fingerprint density at radius 2 is 2.46 bits per heavy atom. The van der Waals surface area contributed by atoms with Crippen LogP contribution in [-0.2, 0) is 16.1 Å². The fourth-order valence-corrected chi connectivity index (χ4v) is 5.92. The number of likely N-dealkylation sites (tertiary alicyclic amines) is 1.